The Hall–Kier alpha value is -4.10. The number of esters is 1. The van der Waals surface area contributed by atoms with Crippen LogP contribution < -0.4 is 20.4 Å². The first-order chi connectivity index (χ1) is 16.9. The summed E-state index contributed by atoms with van der Waals surface area (Å²) in [5.74, 6) is -0.472. The standard InChI is InChI=1S/C27H22ClNO6/c1-17-13-20(9-10-23(17)28)33-16-25(30)34-21-8-7-19-14-22(27(32)35-24(19)15-21)26(31)29-12-11-18-5-3-2-4-6-18/h2-10,13-15H,11-12,16H2,1H3,(H,29,31). The number of ether oxygens (including phenoxy) is 2. The fourth-order valence-corrected chi connectivity index (χ4v) is 3.50. The Kier molecular flexibility index (Phi) is 7.48. The summed E-state index contributed by atoms with van der Waals surface area (Å²) < 4.78 is 16.0. The number of hydrogen-bond acceptors (Lipinski definition) is 6. The fraction of sp³-hybridized carbons (Fsp3) is 0.148. The molecule has 0 aliphatic heterocycles. The molecule has 1 heterocycles. The molecule has 3 aromatic carbocycles. The van der Waals surface area contributed by atoms with Gasteiger partial charge in [-0.05, 0) is 60.9 Å². The van der Waals surface area contributed by atoms with Crippen molar-refractivity contribution < 1.29 is 23.5 Å². The molecule has 0 saturated carbocycles. The highest BCUT2D eigenvalue weighted by Gasteiger charge is 2.15. The number of amides is 1. The highest BCUT2D eigenvalue weighted by Crippen LogP contribution is 2.22. The molecule has 35 heavy (non-hydrogen) atoms. The number of nitrogens with one attached hydrogen (secondary N) is 1. The molecule has 0 atom stereocenters. The lowest BCUT2D eigenvalue weighted by molar-refractivity contribution is -0.136. The van der Waals surface area contributed by atoms with Crippen molar-refractivity contribution in [2.24, 2.45) is 0 Å². The summed E-state index contributed by atoms with van der Waals surface area (Å²) in [6, 6.07) is 20.8. The summed E-state index contributed by atoms with van der Waals surface area (Å²) in [4.78, 5) is 37.0. The summed E-state index contributed by atoms with van der Waals surface area (Å²) in [7, 11) is 0. The quantitative estimate of drug-likeness (QED) is 0.218. The lowest BCUT2D eigenvalue weighted by Crippen LogP contribution is -2.29. The third-order valence-electron chi connectivity index (χ3n) is 5.21. The predicted octanol–water partition coefficient (Wildman–Crippen LogP) is 4.71. The monoisotopic (exact) mass is 491 g/mol. The average molecular weight is 492 g/mol. The van der Waals surface area contributed by atoms with Crippen molar-refractivity contribution in [3.63, 3.8) is 0 Å². The topological polar surface area (TPSA) is 94.8 Å². The van der Waals surface area contributed by atoms with Gasteiger partial charge in [0, 0.05) is 23.0 Å². The molecule has 178 valence electrons. The van der Waals surface area contributed by atoms with Crippen LogP contribution in [0.4, 0.5) is 0 Å². The second-order valence-electron chi connectivity index (χ2n) is 7.81. The van der Waals surface area contributed by atoms with Crippen LogP contribution in [0.2, 0.25) is 5.02 Å². The Morgan fingerprint density at radius 2 is 1.74 bits per heavy atom. The van der Waals surface area contributed by atoms with Crippen LogP contribution in [0, 0.1) is 6.92 Å². The van der Waals surface area contributed by atoms with Crippen LogP contribution in [-0.2, 0) is 11.2 Å². The van der Waals surface area contributed by atoms with E-state index >= 15 is 0 Å². The second kappa shape index (κ2) is 10.9. The number of benzene rings is 3. The minimum absolute atomic E-state index is 0.0954. The smallest absolute Gasteiger partial charge is 0.349 e. The molecule has 0 radical (unpaired) electrons. The molecule has 0 bridgehead atoms. The van der Waals surface area contributed by atoms with Gasteiger partial charge in [-0.15, -0.1) is 0 Å². The number of carbonyl (C=O) groups is 2. The molecule has 0 aliphatic rings. The normalized spacial score (nSPS) is 10.7. The van der Waals surface area contributed by atoms with Crippen molar-refractivity contribution in [3.8, 4) is 11.5 Å². The van der Waals surface area contributed by atoms with Gasteiger partial charge in [0.15, 0.2) is 6.61 Å². The van der Waals surface area contributed by atoms with Crippen LogP contribution in [0.3, 0.4) is 0 Å². The summed E-state index contributed by atoms with van der Waals surface area (Å²) in [5.41, 5.74) is 1.22. The van der Waals surface area contributed by atoms with Crippen LogP contribution in [0.1, 0.15) is 21.5 Å². The third kappa shape index (κ3) is 6.28. The Morgan fingerprint density at radius 3 is 2.51 bits per heavy atom. The van der Waals surface area contributed by atoms with Crippen molar-refractivity contribution in [2.45, 2.75) is 13.3 Å². The van der Waals surface area contributed by atoms with Gasteiger partial charge >= 0.3 is 11.6 Å². The van der Waals surface area contributed by atoms with Crippen molar-refractivity contribution in [3.05, 3.63) is 105 Å². The zero-order chi connectivity index (χ0) is 24.8. The molecule has 4 rings (SSSR count). The van der Waals surface area contributed by atoms with Crippen LogP contribution >= 0.6 is 11.6 Å². The lowest BCUT2D eigenvalue weighted by atomic mass is 10.1. The van der Waals surface area contributed by atoms with E-state index in [1.807, 2.05) is 37.3 Å². The molecule has 8 heteroatoms. The van der Waals surface area contributed by atoms with E-state index in [9.17, 15) is 14.4 Å². The molecule has 1 amide bonds. The zero-order valence-electron chi connectivity index (χ0n) is 18.9. The van der Waals surface area contributed by atoms with Crippen molar-refractivity contribution in [1.82, 2.24) is 5.32 Å². The molecule has 1 aromatic heterocycles. The maximum absolute atomic E-state index is 12.5. The van der Waals surface area contributed by atoms with E-state index < -0.39 is 17.5 Å². The molecule has 7 nitrogen and oxygen atoms in total. The van der Waals surface area contributed by atoms with E-state index in [2.05, 4.69) is 5.32 Å². The first-order valence-electron chi connectivity index (χ1n) is 10.9. The van der Waals surface area contributed by atoms with Gasteiger partial charge < -0.3 is 19.2 Å². The number of hydrogen-bond donors (Lipinski definition) is 1. The van der Waals surface area contributed by atoms with Crippen LogP contribution in [-0.4, -0.2) is 25.0 Å². The van der Waals surface area contributed by atoms with Gasteiger partial charge in [-0.25, -0.2) is 9.59 Å². The van der Waals surface area contributed by atoms with Crippen LogP contribution in [0.5, 0.6) is 11.5 Å². The summed E-state index contributed by atoms with van der Waals surface area (Å²) >= 11 is 5.98. The Labute approximate surface area is 206 Å². The number of fused-ring (bicyclic) bond motifs is 1. The average Bonchev–Trinajstić information content (AvgIpc) is 2.85. The van der Waals surface area contributed by atoms with E-state index in [0.29, 0.717) is 29.1 Å². The minimum atomic E-state index is -0.778. The van der Waals surface area contributed by atoms with E-state index in [4.69, 9.17) is 25.5 Å². The van der Waals surface area contributed by atoms with Gasteiger partial charge in [0.05, 0.1) is 0 Å². The first-order valence-corrected chi connectivity index (χ1v) is 11.3. The van der Waals surface area contributed by atoms with Crippen molar-refractivity contribution in [2.75, 3.05) is 13.2 Å². The number of rotatable bonds is 8. The molecule has 1 N–H and O–H groups in total. The highest BCUT2D eigenvalue weighted by molar-refractivity contribution is 6.31. The molecule has 4 aromatic rings. The first kappa shape index (κ1) is 24.0. The van der Waals surface area contributed by atoms with Gasteiger partial charge in [0.1, 0.15) is 22.6 Å². The predicted molar refractivity (Wildman–Crippen MR) is 132 cm³/mol. The van der Waals surface area contributed by atoms with Crippen LogP contribution in [0.15, 0.2) is 82.0 Å². The number of carbonyl (C=O) groups excluding carboxylic acids is 2. The second-order valence-corrected chi connectivity index (χ2v) is 8.22. The van der Waals surface area contributed by atoms with Gasteiger partial charge in [-0.1, -0.05) is 41.9 Å². The highest BCUT2D eigenvalue weighted by atomic mass is 35.5. The van der Waals surface area contributed by atoms with Crippen molar-refractivity contribution in [1.29, 1.82) is 0 Å². The Balaban J connectivity index is 1.37. The van der Waals surface area contributed by atoms with Crippen LogP contribution in [0.25, 0.3) is 11.0 Å². The largest absolute Gasteiger partial charge is 0.482 e. The summed E-state index contributed by atoms with van der Waals surface area (Å²) in [5, 5.41) is 3.86. The van der Waals surface area contributed by atoms with Crippen molar-refractivity contribution >= 4 is 34.4 Å². The number of aryl methyl sites for hydroxylation is 1. The fourth-order valence-electron chi connectivity index (χ4n) is 3.38. The lowest BCUT2D eigenvalue weighted by Gasteiger charge is -2.09. The maximum Gasteiger partial charge on any atom is 0.349 e. The van der Waals surface area contributed by atoms with Gasteiger partial charge in [0.2, 0.25) is 0 Å². The Bertz CT molecular complexity index is 1430. The van der Waals surface area contributed by atoms with E-state index in [0.717, 1.165) is 11.1 Å². The molecular weight excluding hydrogens is 470 g/mol. The summed E-state index contributed by atoms with van der Waals surface area (Å²) in [6.07, 6.45) is 0.640. The molecule has 0 spiro atoms. The molecule has 0 fully saturated rings. The molecule has 0 saturated heterocycles. The molecular formula is C27H22ClNO6. The molecule has 0 unspecified atom stereocenters. The van der Waals surface area contributed by atoms with Gasteiger partial charge in [-0.2, -0.15) is 0 Å². The Morgan fingerprint density at radius 1 is 0.971 bits per heavy atom. The SMILES string of the molecule is Cc1cc(OCC(=O)Oc2ccc3cc(C(=O)NCCc4ccccc4)c(=O)oc3c2)ccc1Cl. The number of halogens is 1. The zero-order valence-corrected chi connectivity index (χ0v) is 19.6. The van der Waals surface area contributed by atoms with E-state index in [1.165, 1.54) is 12.1 Å². The van der Waals surface area contributed by atoms with E-state index in [-0.39, 0.29) is 23.5 Å². The van der Waals surface area contributed by atoms with Gasteiger partial charge in [0.25, 0.3) is 5.91 Å². The van der Waals surface area contributed by atoms with E-state index in [1.54, 1.807) is 30.3 Å². The van der Waals surface area contributed by atoms with Gasteiger partial charge in [-0.3, -0.25) is 4.79 Å². The minimum Gasteiger partial charge on any atom is -0.482 e. The maximum atomic E-state index is 12.5. The molecule has 0 aliphatic carbocycles. The summed E-state index contributed by atoms with van der Waals surface area (Å²) in [6.45, 7) is 1.90. The third-order valence-corrected chi connectivity index (χ3v) is 5.64.